The molecule has 0 saturated heterocycles. The Balaban J connectivity index is 2.41. The van der Waals surface area contributed by atoms with E-state index in [1.54, 1.807) is 39.5 Å². The molecule has 0 heterocycles. The molecular formula is C17H24O4. The molecule has 0 radical (unpaired) electrons. The lowest BCUT2D eigenvalue weighted by Crippen LogP contribution is -2.44. The van der Waals surface area contributed by atoms with Crippen molar-refractivity contribution in [2.24, 2.45) is 5.92 Å². The molecule has 0 amide bonds. The molecule has 0 N–H and O–H groups in total. The Morgan fingerprint density at radius 3 is 2.57 bits per heavy atom. The molecule has 1 aromatic rings. The lowest BCUT2D eigenvalue weighted by molar-refractivity contribution is -0.0304. The normalized spacial score (nSPS) is 25.4. The van der Waals surface area contributed by atoms with Crippen molar-refractivity contribution in [1.82, 2.24) is 0 Å². The molecule has 1 aromatic carbocycles. The predicted octanol–water partition coefficient (Wildman–Crippen LogP) is 3.48. The zero-order valence-electron chi connectivity index (χ0n) is 13.3. The average molecular weight is 292 g/mol. The maximum atomic E-state index is 13.1. The number of hydrogen-bond donors (Lipinski definition) is 0. The van der Waals surface area contributed by atoms with Crippen molar-refractivity contribution < 1.29 is 19.0 Å². The molecule has 1 saturated carbocycles. The third-order valence-electron chi connectivity index (χ3n) is 4.41. The van der Waals surface area contributed by atoms with Gasteiger partial charge in [0.2, 0.25) is 0 Å². The molecule has 0 spiro atoms. The first-order valence-corrected chi connectivity index (χ1v) is 7.38. The number of rotatable bonds is 5. The van der Waals surface area contributed by atoms with Gasteiger partial charge < -0.3 is 14.2 Å². The Morgan fingerprint density at radius 1 is 1.24 bits per heavy atom. The molecule has 4 nitrogen and oxygen atoms in total. The maximum Gasteiger partial charge on any atom is 0.198 e. The summed E-state index contributed by atoms with van der Waals surface area (Å²) < 4.78 is 16.3. The number of carbonyl (C=O) groups is 1. The fraction of sp³-hybridized carbons (Fsp3) is 0.588. The van der Waals surface area contributed by atoms with E-state index in [0.717, 1.165) is 25.7 Å². The van der Waals surface area contributed by atoms with Gasteiger partial charge in [0.25, 0.3) is 0 Å². The van der Waals surface area contributed by atoms with Gasteiger partial charge in [-0.1, -0.05) is 13.3 Å². The smallest absolute Gasteiger partial charge is 0.198 e. The number of hydrogen-bond acceptors (Lipinski definition) is 4. The molecule has 1 fully saturated rings. The van der Waals surface area contributed by atoms with Crippen molar-refractivity contribution >= 4 is 5.78 Å². The minimum absolute atomic E-state index is 0.00713. The Morgan fingerprint density at radius 2 is 2.00 bits per heavy atom. The van der Waals surface area contributed by atoms with Gasteiger partial charge in [-0.15, -0.1) is 0 Å². The average Bonchev–Trinajstić information content (AvgIpc) is 2.53. The van der Waals surface area contributed by atoms with Crippen LogP contribution in [0.3, 0.4) is 0 Å². The number of methoxy groups -OCH3 is 3. The van der Waals surface area contributed by atoms with E-state index in [1.165, 1.54) is 0 Å². The minimum atomic E-state index is -0.739. The van der Waals surface area contributed by atoms with E-state index in [2.05, 4.69) is 6.92 Å². The fourth-order valence-electron chi connectivity index (χ4n) is 3.22. The Labute approximate surface area is 126 Å². The SMILES string of the molecule is COc1ccc(OC)c(C(=O)C2(OC)CCCC(C)C2)c1. The van der Waals surface area contributed by atoms with E-state index < -0.39 is 5.60 Å². The van der Waals surface area contributed by atoms with Crippen LogP contribution in [0.5, 0.6) is 11.5 Å². The van der Waals surface area contributed by atoms with E-state index in [0.29, 0.717) is 23.0 Å². The Bertz CT molecular complexity index is 512. The van der Waals surface area contributed by atoms with Gasteiger partial charge in [-0.3, -0.25) is 4.79 Å². The molecule has 4 heteroatoms. The number of ketones is 1. The van der Waals surface area contributed by atoms with Crippen molar-refractivity contribution in [3.8, 4) is 11.5 Å². The first-order valence-electron chi connectivity index (χ1n) is 7.38. The number of benzene rings is 1. The van der Waals surface area contributed by atoms with Crippen LogP contribution in [0.1, 0.15) is 43.0 Å². The van der Waals surface area contributed by atoms with Crippen molar-refractivity contribution in [2.75, 3.05) is 21.3 Å². The Kier molecular flexibility index (Phi) is 4.88. The van der Waals surface area contributed by atoms with Crippen LogP contribution in [0.4, 0.5) is 0 Å². The van der Waals surface area contributed by atoms with Crippen LogP contribution >= 0.6 is 0 Å². The van der Waals surface area contributed by atoms with E-state index in [1.807, 2.05) is 0 Å². The summed E-state index contributed by atoms with van der Waals surface area (Å²) in [5.74, 6) is 1.69. The van der Waals surface area contributed by atoms with Crippen LogP contribution in [-0.2, 0) is 4.74 Å². The quantitative estimate of drug-likeness (QED) is 0.779. The third-order valence-corrected chi connectivity index (χ3v) is 4.41. The summed E-state index contributed by atoms with van der Waals surface area (Å²) >= 11 is 0. The van der Waals surface area contributed by atoms with Gasteiger partial charge in [0.15, 0.2) is 5.78 Å². The summed E-state index contributed by atoms with van der Waals surface area (Å²) in [5.41, 5.74) is -0.204. The first-order chi connectivity index (χ1) is 10.1. The van der Waals surface area contributed by atoms with Gasteiger partial charge in [0.1, 0.15) is 17.1 Å². The summed E-state index contributed by atoms with van der Waals surface area (Å²) in [5, 5.41) is 0. The molecule has 1 aliphatic rings. The van der Waals surface area contributed by atoms with Crippen molar-refractivity contribution in [3.63, 3.8) is 0 Å². The summed E-state index contributed by atoms with van der Waals surface area (Å²) in [7, 11) is 4.79. The topological polar surface area (TPSA) is 44.8 Å². The molecule has 0 aliphatic heterocycles. The van der Waals surface area contributed by atoms with Crippen LogP contribution in [0.2, 0.25) is 0 Å². The first kappa shape index (κ1) is 15.8. The second-order valence-electron chi connectivity index (χ2n) is 5.80. The van der Waals surface area contributed by atoms with Crippen LogP contribution in [0, 0.1) is 5.92 Å². The summed E-state index contributed by atoms with van der Waals surface area (Å²) in [4.78, 5) is 13.1. The van der Waals surface area contributed by atoms with Gasteiger partial charge in [0, 0.05) is 7.11 Å². The highest BCUT2D eigenvalue weighted by molar-refractivity contribution is 6.05. The molecular weight excluding hydrogens is 268 g/mol. The Hall–Kier alpha value is -1.55. The highest BCUT2D eigenvalue weighted by atomic mass is 16.5. The monoisotopic (exact) mass is 292 g/mol. The molecule has 116 valence electrons. The molecule has 0 bridgehead atoms. The number of carbonyl (C=O) groups excluding carboxylic acids is 1. The molecule has 1 aliphatic carbocycles. The second kappa shape index (κ2) is 6.48. The van der Waals surface area contributed by atoms with E-state index >= 15 is 0 Å². The lowest BCUT2D eigenvalue weighted by Gasteiger charge is -2.37. The lowest BCUT2D eigenvalue weighted by atomic mass is 9.74. The second-order valence-corrected chi connectivity index (χ2v) is 5.80. The highest BCUT2D eigenvalue weighted by Gasteiger charge is 2.43. The summed E-state index contributed by atoms with van der Waals surface area (Å²) in [6.07, 6.45) is 3.66. The molecule has 21 heavy (non-hydrogen) atoms. The van der Waals surface area contributed by atoms with E-state index in [-0.39, 0.29) is 5.78 Å². The van der Waals surface area contributed by atoms with Crippen LogP contribution in [-0.4, -0.2) is 32.7 Å². The number of Topliss-reactive ketones (excluding diaryl/α,β-unsaturated/α-hetero) is 1. The van der Waals surface area contributed by atoms with Crippen LogP contribution in [0.25, 0.3) is 0 Å². The molecule has 2 atom stereocenters. The van der Waals surface area contributed by atoms with Crippen LogP contribution in [0.15, 0.2) is 18.2 Å². The zero-order chi connectivity index (χ0) is 15.5. The summed E-state index contributed by atoms with van der Waals surface area (Å²) in [6.45, 7) is 2.17. The van der Waals surface area contributed by atoms with Gasteiger partial charge >= 0.3 is 0 Å². The van der Waals surface area contributed by atoms with Gasteiger partial charge in [-0.25, -0.2) is 0 Å². The van der Waals surface area contributed by atoms with Crippen molar-refractivity contribution in [2.45, 2.75) is 38.2 Å². The molecule has 2 unspecified atom stereocenters. The predicted molar refractivity (Wildman–Crippen MR) is 81.2 cm³/mol. The van der Waals surface area contributed by atoms with Gasteiger partial charge in [-0.2, -0.15) is 0 Å². The number of ether oxygens (including phenoxy) is 3. The third kappa shape index (κ3) is 3.05. The fourth-order valence-corrected chi connectivity index (χ4v) is 3.22. The molecule has 2 rings (SSSR count). The largest absolute Gasteiger partial charge is 0.497 e. The zero-order valence-corrected chi connectivity index (χ0v) is 13.3. The molecule has 0 aromatic heterocycles. The standard InChI is InChI=1S/C17H24O4/c1-12-6-5-9-17(11-12,21-4)16(18)14-10-13(19-2)7-8-15(14)20-3/h7-8,10,12H,5-6,9,11H2,1-4H3. The van der Waals surface area contributed by atoms with Crippen molar-refractivity contribution in [3.05, 3.63) is 23.8 Å². The van der Waals surface area contributed by atoms with Gasteiger partial charge in [-0.05, 0) is 43.4 Å². The maximum absolute atomic E-state index is 13.1. The van der Waals surface area contributed by atoms with Crippen LogP contribution < -0.4 is 9.47 Å². The minimum Gasteiger partial charge on any atom is -0.497 e. The summed E-state index contributed by atoms with van der Waals surface area (Å²) in [6, 6.07) is 5.29. The van der Waals surface area contributed by atoms with E-state index in [9.17, 15) is 4.79 Å². The van der Waals surface area contributed by atoms with Gasteiger partial charge in [0.05, 0.1) is 19.8 Å². The van der Waals surface area contributed by atoms with Crippen molar-refractivity contribution in [1.29, 1.82) is 0 Å². The highest BCUT2D eigenvalue weighted by Crippen LogP contribution is 2.39. The van der Waals surface area contributed by atoms with E-state index in [4.69, 9.17) is 14.2 Å².